The number of pyridine rings is 2. The highest BCUT2D eigenvalue weighted by Gasteiger charge is 2.34. The molecule has 3 aromatic heterocycles. The van der Waals surface area contributed by atoms with Crippen LogP contribution in [0.5, 0.6) is 0 Å². The Balaban J connectivity index is 1.25. The third-order valence-corrected chi connectivity index (χ3v) is 8.21. The fourth-order valence-corrected chi connectivity index (χ4v) is 6.03. The predicted molar refractivity (Wildman–Crippen MR) is 148 cm³/mol. The van der Waals surface area contributed by atoms with Crippen LogP contribution in [0.3, 0.4) is 0 Å². The van der Waals surface area contributed by atoms with Crippen molar-refractivity contribution in [3.05, 3.63) is 41.2 Å². The summed E-state index contributed by atoms with van der Waals surface area (Å²) < 4.78 is 5.95. The van der Waals surface area contributed by atoms with Crippen LogP contribution in [0, 0.1) is 5.92 Å². The SMILES string of the molecule is O=C(Nc1ccc(Cl)cn1)c1oc2ccc(N3CCCC3)nc2c1NC(=O)[C@H]1CC[C@H](N2CCCC2=O)CC1. The van der Waals surface area contributed by atoms with Gasteiger partial charge in [0.05, 0.1) is 5.02 Å². The summed E-state index contributed by atoms with van der Waals surface area (Å²) in [6, 6.07) is 7.10. The molecule has 2 aliphatic heterocycles. The number of halogens is 1. The molecule has 3 amide bonds. The molecule has 0 radical (unpaired) electrons. The molecule has 6 rings (SSSR count). The van der Waals surface area contributed by atoms with Gasteiger partial charge in [0.15, 0.2) is 5.58 Å². The van der Waals surface area contributed by atoms with Gasteiger partial charge in [0, 0.05) is 44.2 Å². The molecule has 2 saturated heterocycles. The summed E-state index contributed by atoms with van der Waals surface area (Å²) in [6.07, 6.45) is 8.12. The quantitative estimate of drug-likeness (QED) is 0.450. The first-order valence-corrected chi connectivity index (χ1v) is 14.1. The molecule has 204 valence electrons. The van der Waals surface area contributed by atoms with Crippen LogP contribution in [0.1, 0.15) is 61.9 Å². The van der Waals surface area contributed by atoms with Crippen LogP contribution < -0.4 is 15.5 Å². The second kappa shape index (κ2) is 10.8. The van der Waals surface area contributed by atoms with Crippen molar-refractivity contribution in [1.82, 2.24) is 14.9 Å². The van der Waals surface area contributed by atoms with Gasteiger partial charge in [-0.3, -0.25) is 14.4 Å². The molecule has 10 nitrogen and oxygen atoms in total. The summed E-state index contributed by atoms with van der Waals surface area (Å²) in [7, 11) is 0. The highest BCUT2D eigenvalue weighted by atomic mass is 35.5. The highest BCUT2D eigenvalue weighted by Crippen LogP contribution is 2.35. The lowest BCUT2D eigenvalue weighted by molar-refractivity contribution is -0.130. The van der Waals surface area contributed by atoms with Gasteiger partial charge in [-0.2, -0.15) is 0 Å². The number of fused-ring (bicyclic) bond motifs is 1. The molecular weight excluding hydrogens is 520 g/mol. The average Bonchev–Trinajstić information content (AvgIpc) is 3.71. The Morgan fingerprint density at radius 3 is 2.46 bits per heavy atom. The first-order valence-electron chi connectivity index (χ1n) is 13.7. The van der Waals surface area contributed by atoms with Crippen LogP contribution in [-0.2, 0) is 9.59 Å². The van der Waals surface area contributed by atoms with Gasteiger partial charge in [-0.25, -0.2) is 9.97 Å². The number of amides is 3. The minimum Gasteiger partial charge on any atom is -0.447 e. The molecule has 1 saturated carbocycles. The Morgan fingerprint density at radius 1 is 0.974 bits per heavy atom. The molecule has 0 atom stereocenters. The number of furan rings is 1. The first-order chi connectivity index (χ1) is 19.0. The summed E-state index contributed by atoms with van der Waals surface area (Å²) in [5.41, 5.74) is 1.12. The van der Waals surface area contributed by atoms with Gasteiger partial charge in [0.1, 0.15) is 22.8 Å². The number of anilines is 3. The summed E-state index contributed by atoms with van der Waals surface area (Å²) >= 11 is 5.92. The zero-order chi connectivity index (χ0) is 26.9. The fraction of sp³-hybridized carbons (Fsp3) is 0.464. The second-order valence-electron chi connectivity index (χ2n) is 10.5. The fourth-order valence-electron chi connectivity index (χ4n) is 5.92. The van der Waals surface area contributed by atoms with E-state index in [1.807, 2.05) is 11.0 Å². The standard InChI is InChI=1S/C28H31ClN6O4/c29-18-7-11-21(30-16-18)31-28(38)26-25(24-20(39-26)10-12-22(32-24)34-13-1-2-14-34)33-27(37)17-5-8-19(9-6-17)35-15-3-4-23(35)36/h7,10-12,16-17,19H,1-6,8-9,13-15H2,(H,33,37)(H,30,31,38)/t17-,19-. The highest BCUT2D eigenvalue weighted by molar-refractivity contribution is 6.30. The number of nitrogens with zero attached hydrogens (tertiary/aromatic N) is 4. The number of carbonyl (C=O) groups is 3. The molecule has 0 spiro atoms. The van der Waals surface area contributed by atoms with Crippen molar-refractivity contribution in [2.45, 2.75) is 57.4 Å². The Hall–Kier alpha value is -3.66. The van der Waals surface area contributed by atoms with Crippen LogP contribution in [0.4, 0.5) is 17.3 Å². The largest absolute Gasteiger partial charge is 0.447 e. The number of hydrogen-bond acceptors (Lipinski definition) is 7. The van der Waals surface area contributed by atoms with E-state index in [1.54, 1.807) is 18.2 Å². The van der Waals surface area contributed by atoms with E-state index >= 15 is 0 Å². The van der Waals surface area contributed by atoms with Crippen LogP contribution in [0.2, 0.25) is 5.02 Å². The molecule has 0 aromatic carbocycles. The van der Waals surface area contributed by atoms with Gasteiger partial charge in [0.25, 0.3) is 5.91 Å². The van der Waals surface area contributed by atoms with Crippen molar-refractivity contribution >= 4 is 57.7 Å². The summed E-state index contributed by atoms with van der Waals surface area (Å²) in [4.78, 5) is 52.1. The summed E-state index contributed by atoms with van der Waals surface area (Å²) in [5, 5.41) is 6.17. The molecule has 1 aliphatic carbocycles. The minimum atomic E-state index is -0.544. The molecule has 3 aliphatic rings. The van der Waals surface area contributed by atoms with Crippen molar-refractivity contribution in [3.8, 4) is 0 Å². The monoisotopic (exact) mass is 550 g/mol. The number of carbonyl (C=O) groups excluding carboxylic acids is 3. The van der Waals surface area contributed by atoms with Crippen molar-refractivity contribution in [1.29, 1.82) is 0 Å². The lowest BCUT2D eigenvalue weighted by Crippen LogP contribution is -2.40. The van der Waals surface area contributed by atoms with Crippen LogP contribution >= 0.6 is 11.6 Å². The average molecular weight is 551 g/mol. The van der Waals surface area contributed by atoms with Gasteiger partial charge < -0.3 is 24.9 Å². The smallest absolute Gasteiger partial charge is 0.294 e. The second-order valence-corrected chi connectivity index (χ2v) is 11.0. The third kappa shape index (κ3) is 5.30. The summed E-state index contributed by atoms with van der Waals surface area (Å²) in [5.74, 6) is 0.351. The lowest BCUT2D eigenvalue weighted by atomic mass is 9.84. The van der Waals surface area contributed by atoms with Crippen molar-refractivity contribution < 1.29 is 18.8 Å². The van der Waals surface area contributed by atoms with Gasteiger partial charge in [-0.1, -0.05) is 11.6 Å². The van der Waals surface area contributed by atoms with E-state index in [4.69, 9.17) is 21.0 Å². The Kier molecular flexibility index (Phi) is 7.12. The third-order valence-electron chi connectivity index (χ3n) is 7.99. The van der Waals surface area contributed by atoms with Crippen LogP contribution in [0.15, 0.2) is 34.9 Å². The summed E-state index contributed by atoms with van der Waals surface area (Å²) in [6.45, 7) is 2.64. The normalized spacial score (nSPS) is 21.5. The molecule has 3 aromatic rings. The maximum atomic E-state index is 13.5. The van der Waals surface area contributed by atoms with E-state index in [0.29, 0.717) is 41.2 Å². The Bertz CT molecular complexity index is 1390. The van der Waals surface area contributed by atoms with Crippen LogP contribution in [-0.4, -0.2) is 58.3 Å². The van der Waals surface area contributed by atoms with E-state index in [9.17, 15) is 14.4 Å². The maximum Gasteiger partial charge on any atom is 0.294 e. The maximum absolute atomic E-state index is 13.5. The van der Waals surface area contributed by atoms with E-state index in [-0.39, 0.29) is 35.2 Å². The molecule has 3 fully saturated rings. The van der Waals surface area contributed by atoms with Crippen molar-refractivity contribution in [3.63, 3.8) is 0 Å². The number of likely N-dealkylation sites (tertiary alicyclic amines) is 1. The van der Waals surface area contributed by atoms with E-state index in [2.05, 4.69) is 20.5 Å². The molecule has 2 N–H and O–H groups in total. The zero-order valence-electron chi connectivity index (χ0n) is 21.6. The molecule has 0 unspecified atom stereocenters. The lowest BCUT2D eigenvalue weighted by Gasteiger charge is -2.34. The molecular formula is C28H31ClN6O4. The zero-order valence-corrected chi connectivity index (χ0v) is 22.4. The molecule has 5 heterocycles. The predicted octanol–water partition coefficient (Wildman–Crippen LogP) is 4.85. The number of nitrogens with one attached hydrogen (secondary N) is 2. The van der Waals surface area contributed by atoms with Gasteiger partial charge in [-0.05, 0) is 69.2 Å². The van der Waals surface area contributed by atoms with Gasteiger partial charge >= 0.3 is 0 Å². The van der Waals surface area contributed by atoms with E-state index < -0.39 is 5.91 Å². The van der Waals surface area contributed by atoms with Gasteiger partial charge in [-0.15, -0.1) is 0 Å². The van der Waals surface area contributed by atoms with E-state index in [1.165, 1.54) is 6.20 Å². The van der Waals surface area contributed by atoms with E-state index in [0.717, 1.165) is 57.6 Å². The topological polar surface area (TPSA) is 121 Å². The van der Waals surface area contributed by atoms with Gasteiger partial charge in [0.2, 0.25) is 17.6 Å². The van der Waals surface area contributed by atoms with Crippen LogP contribution in [0.25, 0.3) is 11.1 Å². The Morgan fingerprint density at radius 2 is 1.77 bits per heavy atom. The molecule has 39 heavy (non-hydrogen) atoms. The molecule has 11 heteroatoms. The first kappa shape index (κ1) is 25.6. The number of rotatable bonds is 6. The number of aromatic nitrogens is 2. The Labute approximate surface area is 231 Å². The van der Waals surface area contributed by atoms with Crippen molar-refractivity contribution in [2.75, 3.05) is 35.2 Å². The molecule has 0 bridgehead atoms. The van der Waals surface area contributed by atoms with Crippen molar-refractivity contribution in [2.24, 2.45) is 5.92 Å². The minimum absolute atomic E-state index is 0.0301. The number of hydrogen-bond donors (Lipinski definition) is 2.